The van der Waals surface area contributed by atoms with Gasteiger partial charge < -0.3 is 11.1 Å². The van der Waals surface area contributed by atoms with Crippen molar-refractivity contribution in [3.63, 3.8) is 0 Å². The van der Waals surface area contributed by atoms with Crippen LogP contribution in [0, 0.1) is 10.1 Å². The topological polar surface area (TPSA) is 115 Å². The van der Waals surface area contributed by atoms with Gasteiger partial charge in [0.05, 0.1) is 4.92 Å². The average molecular weight is 263 g/mol. The molecule has 0 spiro atoms. The summed E-state index contributed by atoms with van der Waals surface area (Å²) in [5.41, 5.74) is 5.00. The quantitative estimate of drug-likeness (QED) is 0.447. The number of carbonyl (C=O) groups excluding carboxylic acids is 2. The maximum atomic E-state index is 11.8. The number of nitrogens with one attached hydrogen (secondary N) is 1. The Balaban J connectivity index is 2.88. The molecular formula is C12H13N3O4. The zero-order valence-corrected chi connectivity index (χ0v) is 10.0. The van der Waals surface area contributed by atoms with Crippen LogP contribution < -0.4 is 11.1 Å². The molecule has 0 aliphatic rings. The SMILES string of the molecule is C=CC[C@@H](NC(=O)c1cccc([N+](=O)[O-])c1)C(N)=O. The Labute approximate surface area is 109 Å². The number of rotatable bonds is 6. The second kappa shape index (κ2) is 6.29. The Kier molecular flexibility index (Phi) is 4.76. The molecule has 1 aromatic rings. The molecule has 0 unspecified atom stereocenters. The largest absolute Gasteiger partial charge is 0.368 e. The lowest BCUT2D eigenvalue weighted by Gasteiger charge is -2.13. The molecule has 3 N–H and O–H groups in total. The van der Waals surface area contributed by atoms with Crippen molar-refractivity contribution in [3.8, 4) is 0 Å². The van der Waals surface area contributed by atoms with Crippen molar-refractivity contribution in [2.24, 2.45) is 5.73 Å². The molecule has 0 radical (unpaired) electrons. The van der Waals surface area contributed by atoms with Crippen LogP contribution in [0.5, 0.6) is 0 Å². The van der Waals surface area contributed by atoms with Gasteiger partial charge >= 0.3 is 0 Å². The summed E-state index contributed by atoms with van der Waals surface area (Å²) in [5, 5.41) is 13.0. The molecule has 1 atom stereocenters. The van der Waals surface area contributed by atoms with E-state index in [-0.39, 0.29) is 17.7 Å². The highest BCUT2D eigenvalue weighted by atomic mass is 16.6. The van der Waals surface area contributed by atoms with E-state index < -0.39 is 22.8 Å². The van der Waals surface area contributed by atoms with Crippen LogP contribution in [-0.4, -0.2) is 22.8 Å². The van der Waals surface area contributed by atoms with E-state index in [1.807, 2.05) is 0 Å². The van der Waals surface area contributed by atoms with Gasteiger partial charge in [0.2, 0.25) is 5.91 Å². The molecule has 100 valence electrons. The van der Waals surface area contributed by atoms with Crippen LogP contribution in [0.25, 0.3) is 0 Å². The fourth-order valence-electron chi connectivity index (χ4n) is 1.42. The zero-order chi connectivity index (χ0) is 14.4. The number of primary amides is 1. The fraction of sp³-hybridized carbons (Fsp3) is 0.167. The number of nitro groups is 1. The van der Waals surface area contributed by atoms with Crippen LogP contribution in [-0.2, 0) is 4.79 Å². The number of carbonyl (C=O) groups is 2. The third-order valence-corrected chi connectivity index (χ3v) is 2.37. The van der Waals surface area contributed by atoms with Crippen molar-refractivity contribution in [1.29, 1.82) is 0 Å². The van der Waals surface area contributed by atoms with E-state index in [4.69, 9.17) is 5.73 Å². The molecule has 19 heavy (non-hydrogen) atoms. The van der Waals surface area contributed by atoms with Crippen LogP contribution >= 0.6 is 0 Å². The van der Waals surface area contributed by atoms with Gasteiger partial charge in [-0.1, -0.05) is 12.1 Å². The molecule has 1 aromatic carbocycles. The van der Waals surface area contributed by atoms with Crippen LogP contribution in [0.1, 0.15) is 16.8 Å². The van der Waals surface area contributed by atoms with Crippen LogP contribution in [0.2, 0.25) is 0 Å². The van der Waals surface area contributed by atoms with Gasteiger partial charge in [-0.2, -0.15) is 0 Å². The third kappa shape index (κ3) is 3.91. The van der Waals surface area contributed by atoms with E-state index in [0.717, 1.165) is 6.07 Å². The highest BCUT2D eigenvalue weighted by Crippen LogP contribution is 2.13. The molecule has 0 aliphatic heterocycles. The van der Waals surface area contributed by atoms with E-state index >= 15 is 0 Å². The molecule has 7 nitrogen and oxygen atoms in total. The van der Waals surface area contributed by atoms with Gasteiger partial charge in [0.15, 0.2) is 0 Å². The summed E-state index contributed by atoms with van der Waals surface area (Å²) >= 11 is 0. The molecule has 0 saturated heterocycles. The predicted molar refractivity (Wildman–Crippen MR) is 68.4 cm³/mol. The van der Waals surface area contributed by atoms with E-state index in [0.29, 0.717) is 0 Å². The summed E-state index contributed by atoms with van der Waals surface area (Å²) in [6, 6.07) is 4.31. The van der Waals surface area contributed by atoms with Crippen molar-refractivity contribution in [2.75, 3.05) is 0 Å². The number of nitrogens with zero attached hydrogens (tertiary/aromatic N) is 1. The molecule has 0 saturated carbocycles. The van der Waals surface area contributed by atoms with Crippen LogP contribution in [0.15, 0.2) is 36.9 Å². The highest BCUT2D eigenvalue weighted by Gasteiger charge is 2.18. The molecular weight excluding hydrogens is 250 g/mol. The molecule has 2 amide bonds. The monoisotopic (exact) mass is 263 g/mol. The van der Waals surface area contributed by atoms with Crippen LogP contribution in [0.4, 0.5) is 5.69 Å². The van der Waals surface area contributed by atoms with Crippen LogP contribution in [0.3, 0.4) is 0 Å². The fourth-order valence-corrected chi connectivity index (χ4v) is 1.42. The lowest BCUT2D eigenvalue weighted by atomic mass is 10.1. The number of amides is 2. The van der Waals surface area contributed by atoms with E-state index in [1.165, 1.54) is 24.3 Å². The maximum Gasteiger partial charge on any atom is 0.270 e. The normalized spacial score (nSPS) is 11.4. The molecule has 0 aliphatic carbocycles. The molecule has 0 heterocycles. The van der Waals surface area contributed by atoms with Gasteiger partial charge in [0.25, 0.3) is 11.6 Å². The van der Waals surface area contributed by atoms with E-state index in [9.17, 15) is 19.7 Å². The zero-order valence-electron chi connectivity index (χ0n) is 10.0. The van der Waals surface area contributed by atoms with Gasteiger partial charge in [-0.15, -0.1) is 6.58 Å². The summed E-state index contributed by atoms with van der Waals surface area (Å²) in [4.78, 5) is 32.9. The minimum atomic E-state index is -0.885. The number of non-ortho nitro benzene ring substituents is 1. The summed E-state index contributed by atoms with van der Waals surface area (Å²) in [5.74, 6) is -1.30. The first-order chi connectivity index (χ1) is 8.95. The Morgan fingerprint density at radius 2 is 2.21 bits per heavy atom. The predicted octanol–water partition coefficient (Wildman–Crippen LogP) is 0.755. The summed E-state index contributed by atoms with van der Waals surface area (Å²) < 4.78 is 0. The maximum absolute atomic E-state index is 11.8. The van der Waals surface area contributed by atoms with Gasteiger partial charge in [0, 0.05) is 17.7 Å². The minimum Gasteiger partial charge on any atom is -0.368 e. The first kappa shape index (κ1) is 14.4. The molecule has 7 heteroatoms. The molecule has 0 aromatic heterocycles. The Bertz CT molecular complexity index is 527. The number of nitro benzene ring substituents is 1. The third-order valence-electron chi connectivity index (χ3n) is 2.37. The van der Waals surface area contributed by atoms with Gasteiger partial charge in [-0.3, -0.25) is 19.7 Å². The first-order valence-electron chi connectivity index (χ1n) is 5.41. The summed E-state index contributed by atoms with van der Waals surface area (Å²) in [6.45, 7) is 3.45. The van der Waals surface area contributed by atoms with Crippen molar-refractivity contribution in [3.05, 3.63) is 52.6 Å². The smallest absolute Gasteiger partial charge is 0.270 e. The Morgan fingerprint density at radius 3 is 2.74 bits per heavy atom. The summed E-state index contributed by atoms with van der Waals surface area (Å²) in [6.07, 6.45) is 1.64. The highest BCUT2D eigenvalue weighted by molar-refractivity contribution is 5.97. The first-order valence-corrected chi connectivity index (χ1v) is 5.41. The second-order valence-corrected chi connectivity index (χ2v) is 3.76. The van der Waals surface area contributed by atoms with E-state index in [2.05, 4.69) is 11.9 Å². The molecule has 0 fully saturated rings. The number of benzene rings is 1. The minimum absolute atomic E-state index is 0.0875. The number of nitrogens with two attached hydrogens (primary N) is 1. The standard InChI is InChI=1S/C12H13N3O4/c1-2-4-10(11(13)16)14-12(17)8-5-3-6-9(7-8)15(18)19/h2-3,5-7,10H,1,4H2,(H2,13,16)(H,14,17)/t10-/m1/s1. The lowest BCUT2D eigenvalue weighted by Crippen LogP contribution is -2.44. The van der Waals surface area contributed by atoms with Crippen molar-refractivity contribution in [2.45, 2.75) is 12.5 Å². The van der Waals surface area contributed by atoms with Gasteiger partial charge in [-0.25, -0.2) is 0 Å². The number of hydrogen-bond donors (Lipinski definition) is 2. The van der Waals surface area contributed by atoms with Gasteiger partial charge in [0.1, 0.15) is 6.04 Å². The number of hydrogen-bond acceptors (Lipinski definition) is 4. The lowest BCUT2D eigenvalue weighted by molar-refractivity contribution is -0.384. The van der Waals surface area contributed by atoms with Gasteiger partial charge in [-0.05, 0) is 12.5 Å². The summed E-state index contributed by atoms with van der Waals surface area (Å²) in [7, 11) is 0. The molecule has 1 rings (SSSR count). The van der Waals surface area contributed by atoms with Crippen molar-refractivity contribution >= 4 is 17.5 Å². The second-order valence-electron chi connectivity index (χ2n) is 3.76. The van der Waals surface area contributed by atoms with Crippen molar-refractivity contribution in [1.82, 2.24) is 5.32 Å². The van der Waals surface area contributed by atoms with Crippen molar-refractivity contribution < 1.29 is 14.5 Å². The Morgan fingerprint density at radius 1 is 1.53 bits per heavy atom. The average Bonchev–Trinajstić information content (AvgIpc) is 2.38. The van der Waals surface area contributed by atoms with E-state index in [1.54, 1.807) is 0 Å². The molecule has 0 bridgehead atoms. The Hall–Kier alpha value is -2.70.